The summed E-state index contributed by atoms with van der Waals surface area (Å²) < 4.78 is 5.80. The molecular weight excluding hydrogens is 366 g/mol. The number of hydrogen-bond acceptors (Lipinski definition) is 4. The molecule has 6 heteroatoms. The van der Waals surface area contributed by atoms with E-state index in [9.17, 15) is 9.59 Å². The second-order valence-electron chi connectivity index (χ2n) is 7.13. The molecule has 29 heavy (non-hydrogen) atoms. The first kappa shape index (κ1) is 22.3. The Balaban J connectivity index is 1.90. The third-order valence-corrected chi connectivity index (χ3v) is 4.60. The molecule has 2 rings (SSSR count). The zero-order valence-electron chi connectivity index (χ0n) is 17.6. The van der Waals surface area contributed by atoms with E-state index in [1.54, 1.807) is 24.3 Å². The first-order chi connectivity index (χ1) is 13.9. The number of hydrogen-bond donors (Lipinski definition) is 3. The van der Waals surface area contributed by atoms with E-state index in [4.69, 9.17) is 4.74 Å². The van der Waals surface area contributed by atoms with Gasteiger partial charge in [0.25, 0.3) is 5.91 Å². The second-order valence-corrected chi connectivity index (χ2v) is 7.13. The molecule has 0 aliphatic rings. The molecular formula is C23H31N3O3. The fourth-order valence-electron chi connectivity index (χ4n) is 2.53. The van der Waals surface area contributed by atoms with Gasteiger partial charge in [0, 0.05) is 29.0 Å². The second kappa shape index (κ2) is 11.1. The van der Waals surface area contributed by atoms with Crippen LogP contribution < -0.4 is 20.7 Å². The minimum absolute atomic E-state index is 0.102. The monoisotopic (exact) mass is 397 g/mol. The van der Waals surface area contributed by atoms with Crippen molar-refractivity contribution in [2.45, 2.75) is 52.7 Å². The molecule has 2 amide bonds. The summed E-state index contributed by atoms with van der Waals surface area (Å²) in [5.41, 5.74) is 1.91. The van der Waals surface area contributed by atoms with E-state index in [2.05, 4.69) is 22.9 Å². The summed E-state index contributed by atoms with van der Waals surface area (Å²) >= 11 is 0. The van der Waals surface area contributed by atoms with E-state index in [1.807, 2.05) is 45.0 Å². The Labute approximate surface area is 173 Å². The third-order valence-electron chi connectivity index (χ3n) is 4.60. The van der Waals surface area contributed by atoms with Gasteiger partial charge in [-0.05, 0) is 57.0 Å². The van der Waals surface area contributed by atoms with Crippen molar-refractivity contribution in [3.8, 4) is 5.75 Å². The lowest BCUT2D eigenvalue weighted by atomic mass is 10.1. The SMILES string of the molecule is CCC(C)NC(=O)c1cccc(NC(=O)CNc2cccc(OC(C)CC)c2)c1. The highest BCUT2D eigenvalue weighted by Crippen LogP contribution is 2.19. The number of benzene rings is 2. The third kappa shape index (κ3) is 7.49. The van der Waals surface area contributed by atoms with Gasteiger partial charge in [-0.2, -0.15) is 0 Å². The average molecular weight is 398 g/mol. The van der Waals surface area contributed by atoms with Gasteiger partial charge >= 0.3 is 0 Å². The van der Waals surface area contributed by atoms with Gasteiger partial charge in [0.15, 0.2) is 0 Å². The lowest BCUT2D eigenvalue weighted by Crippen LogP contribution is -2.32. The predicted molar refractivity (Wildman–Crippen MR) is 118 cm³/mol. The zero-order chi connectivity index (χ0) is 21.2. The normalized spacial score (nSPS) is 12.6. The maximum Gasteiger partial charge on any atom is 0.251 e. The molecule has 2 aromatic carbocycles. The van der Waals surface area contributed by atoms with Crippen LogP contribution in [0.2, 0.25) is 0 Å². The Hall–Kier alpha value is -3.02. The fourth-order valence-corrected chi connectivity index (χ4v) is 2.53. The zero-order valence-corrected chi connectivity index (χ0v) is 17.6. The van der Waals surface area contributed by atoms with Gasteiger partial charge in [-0.1, -0.05) is 26.0 Å². The predicted octanol–water partition coefficient (Wildman–Crippen LogP) is 4.44. The number of anilines is 2. The highest BCUT2D eigenvalue weighted by atomic mass is 16.5. The van der Waals surface area contributed by atoms with Crippen LogP contribution >= 0.6 is 0 Å². The Bertz CT molecular complexity index is 823. The van der Waals surface area contributed by atoms with Crippen LogP contribution in [0.15, 0.2) is 48.5 Å². The largest absolute Gasteiger partial charge is 0.491 e. The van der Waals surface area contributed by atoms with Crippen molar-refractivity contribution in [2.24, 2.45) is 0 Å². The van der Waals surface area contributed by atoms with Crippen molar-refractivity contribution < 1.29 is 14.3 Å². The Morgan fingerprint density at radius 1 is 0.966 bits per heavy atom. The summed E-state index contributed by atoms with van der Waals surface area (Å²) in [6.07, 6.45) is 1.92. The summed E-state index contributed by atoms with van der Waals surface area (Å²) in [7, 11) is 0. The number of amides is 2. The van der Waals surface area contributed by atoms with Crippen molar-refractivity contribution in [3.63, 3.8) is 0 Å². The van der Waals surface area contributed by atoms with Crippen LogP contribution in [-0.4, -0.2) is 30.5 Å². The molecule has 0 aliphatic carbocycles. The Morgan fingerprint density at radius 2 is 1.69 bits per heavy atom. The molecule has 0 aromatic heterocycles. The highest BCUT2D eigenvalue weighted by Gasteiger charge is 2.10. The topological polar surface area (TPSA) is 79.5 Å². The summed E-state index contributed by atoms with van der Waals surface area (Å²) in [5, 5.41) is 8.83. The number of nitrogens with one attached hydrogen (secondary N) is 3. The molecule has 0 fully saturated rings. The minimum Gasteiger partial charge on any atom is -0.491 e. The quantitative estimate of drug-likeness (QED) is 0.554. The van der Waals surface area contributed by atoms with Gasteiger partial charge in [-0.15, -0.1) is 0 Å². The van der Waals surface area contributed by atoms with Crippen molar-refractivity contribution in [2.75, 3.05) is 17.2 Å². The lowest BCUT2D eigenvalue weighted by Gasteiger charge is -2.14. The first-order valence-electron chi connectivity index (χ1n) is 10.1. The molecule has 0 radical (unpaired) electrons. The Morgan fingerprint density at radius 3 is 2.41 bits per heavy atom. The summed E-state index contributed by atoms with van der Waals surface area (Å²) in [4.78, 5) is 24.5. The molecule has 0 saturated carbocycles. The molecule has 2 aromatic rings. The van der Waals surface area contributed by atoms with E-state index in [1.165, 1.54) is 0 Å². The van der Waals surface area contributed by atoms with E-state index in [-0.39, 0.29) is 30.5 Å². The molecule has 2 atom stereocenters. The highest BCUT2D eigenvalue weighted by molar-refractivity contribution is 5.98. The summed E-state index contributed by atoms with van der Waals surface area (Å²) in [6, 6.07) is 14.6. The van der Waals surface area contributed by atoms with E-state index >= 15 is 0 Å². The molecule has 156 valence electrons. The minimum atomic E-state index is -0.197. The van der Waals surface area contributed by atoms with Gasteiger partial charge in [0.2, 0.25) is 5.91 Å². The average Bonchev–Trinajstić information content (AvgIpc) is 2.72. The van der Waals surface area contributed by atoms with Crippen molar-refractivity contribution in [3.05, 3.63) is 54.1 Å². The van der Waals surface area contributed by atoms with Gasteiger partial charge in [-0.25, -0.2) is 0 Å². The Kier molecular flexibility index (Phi) is 8.52. The molecule has 0 heterocycles. The smallest absolute Gasteiger partial charge is 0.251 e. The molecule has 0 saturated heterocycles. The molecule has 2 unspecified atom stereocenters. The van der Waals surface area contributed by atoms with Gasteiger partial charge in [-0.3, -0.25) is 9.59 Å². The lowest BCUT2D eigenvalue weighted by molar-refractivity contribution is -0.114. The van der Waals surface area contributed by atoms with E-state index in [0.717, 1.165) is 24.3 Å². The molecule has 3 N–H and O–H groups in total. The fraction of sp³-hybridized carbons (Fsp3) is 0.391. The van der Waals surface area contributed by atoms with E-state index < -0.39 is 0 Å². The summed E-state index contributed by atoms with van der Waals surface area (Å²) in [6.45, 7) is 8.17. The maximum atomic E-state index is 12.3. The van der Waals surface area contributed by atoms with Gasteiger partial charge < -0.3 is 20.7 Å². The van der Waals surface area contributed by atoms with Crippen molar-refractivity contribution in [1.82, 2.24) is 5.32 Å². The number of carbonyl (C=O) groups excluding carboxylic acids is 2. The number of rotatable bonds is 10. The molecule has 6 nitrogen and oxygen atoms in total. The standard InChI is InChI=1S/C23H31N3O3/c1-5-16(3)25-23(28)18-9-7-11-20(13-18)26-22(27)15-24-19-10-8-12-21(14-19)29-17(4)6-2/h7-14,16-17,24H,5-6,15H2,1-4H3,(H,25,28)(H,26,27). The van der Waals surface area contributed by atoms with Crippen LogP contribution in [-0.2, 0) is 4.79 Å². The maximum absolute atomic E-state index is 12.3. The number of ether oxygens (including phenoxy) is 1. The van der Waals surface area contributed by atoms with Crippen LogP contribution in [0, 0.1) is 0 Å². The van der Waals surface area contributed by atoms with Crippen LogP contribution in [0.3, 0.4) is 0 Å². The first-order valence-corrected chi connectivity index (χ1v) is 10.1. The van der Waals surface area contributed by atoms with Crippen LogP contribution in [0.4, 0.5) is 11.4 Å². The van der Waals surface area contributed by atoms with Gasteiger partial charge in [0.1, 0.15) is 5.75 Å². The molecule has 0 bridgehead atoms. The van der Waals surface area contributed by atoms with Crippen LogP contribution in [0.1, 0.15) is 50.9 Å². The van der Waals surface area contributed by atoms with Crippen LogP contribution in [0.25, 0.3) is 0 Å². The van der Waals surface area contributed by atoms with Gasteiger partial charge in [0.05, 0.1) is 12.6 Å². The molecule has 0 spiro atoms. The van der Waals surface area contributed by atoms with Crippen molar-refractivity contribution >= 4 is 23.2 Å². The molecule has 0 aliphatic heterocycles. The number of carbonyl (C=O) groups is 2. The van der Waals surface area contributed by atoms with Crippen LogP contribution in [0.5, 0.6) is 5.75 Å². The summed E-state index contributed by atoms with van der Waals surface area (Å²) in [5.74, 6) is 0.425. The van der Waals surface area contributed by atoms with Crippen molar-refractivity contribution in [1.29, 1.82) is 0 Å². The van der Waals surface area contributed by atoms with E-state index in [0.29, 0.717) is 11.3 Å².